The Morgan fingerprint density at radius 2 is 2.00 bits per heavy atom. The van der Waals surface area contributed by atoms with Gasteiger partial charge in [0.1, 0.15) is 23.8 Å². The molecule has 0 aliphatic carbocycles. The lowest BCUT2D eigenvalue weighted by molar-refractivity contribution is 0.0726. The van der Waals surface area contributed by atoms with Gasteiger partial charge in [-0.05, 0) is 62.4 Å². The van der Waals surface area contributed by atoms with E-state index in [2.05, 4.69) is 26.7 Å². The van der Waals surface area contributed by atoms with Crippen LogP contribution in [0, 0.1) is 6.92 Å². The van der Waals surface area contributed by atoms with E-state index in [1.54, 1.807) is 0 Å². The summed E-state index contributed by atoms with van der Waals surface area (Å²) < 4.78 is 10.3. The first-order valence-electron chi connectivity index (χ1n) is 12.6. The number of rotatable bonds is 5. The molecular weight excluding hydrogens is 440 g/mol. The highest BCUT2D eigenvalue weighted by atomic mass is 16.5. The summed E-state index contributed by atoms with van der Waals surface area (Å²) in [4.78, 5) is 20.1. The van der Waals surface area contributed by atoms with E-state index >= 15 is 0 Å². The number of nitrogens with zero attached hydrogens (tertiary/aromatic N) is 6. The summed E-state index contributed by atoms with van der Waals surface area (Å²) in [6.07, 6.45) is 10.4. The van der Waals surface area contributed by atoms with Crippen molar-refractivity contribution >= 4 is 11.6 Å². The van der Waals surface area contributed by atoms with Crippen LogP contribution in [0.5, 0.6) is 5.75 Å². The standard InChI is InChI=1S/C27H30N6O2/c1-19-11-12-24-28-21(17-31(24)16-19)18-35-22-8-5-7-20(15-22)27(34)32-14-6-9-23(32)26-30-29-25-10-3-2-4-13-33(25)26/h5,7-8,11-12,15-17,23H,2-4,6,9-10,13-14,18H2,1H3. The van der Waals surface area contributed by atoms with Gasteiger partial charge in [0, 0.05) is 37.5 Å². The number of imidazole rings is 1. The maximum absolute atomic E-state index is 13.6. The molecule has 8 nitrogen and oxygen atoms in total. The molecule has 4 aromatic rings. The molecule has 0 saturated carbocycles. The molecule has 2 aliphatic rings. The van der Waals surface area contributed by atoms with Gasteiger partial charge in [-0.3, -0.25) is 4.79 Å². The minimum absolute atomic E-state index is 0.0205. The fourth-order valence-electron chi connectivity index (χ4n) is 5.30. The van der Waals surface area contributed by atoms with Crippen molar-refractivity contribution in [3.63, 3.8) is 0 Å². The summed E-state index contributed by atoms with van der Waals surface area (Å²) in [5.74, 6) is 2.69. The summed E-state index contributed by atoms with van der Waals surface area (Å²) in [5, 5.41) is 9.00. The summed E-state index contributed by atoms with van der Waals surface area (Å²) in [7, 11) is 0. The summed E-state index contributed by atoms with van der Waals surface area (Å²) in [5.41, 5.74) is 3.55. The van der Waals surface area contributed by atoms with Crippen LogP contribution >= 0.6 is 0 Å². The number of carbonyl (C=O) groups excluding carboxylic acids is 1. The van der Waals surface area contributed by atoms with Gasteiger partial charge in [-0.2, -0.15) is 0 Å². The highest BCUT2D eigenvalue weighted by molar-refractivity contribution is 5.95. The van der Waals surface area contributed by atoms with Gasteiger partial charge in [-0.15, -0.1) is 10.2 Å². The van der Waals surface area contributed by atoms with Crippen LogP contribution in [0.3, 0.4) is 0 Å². The number of benzene rings is 1. The van der Waals surface area contributed by atoms with Crippen LogP contribution in [-0.4, -0.2) is 41.5 Å². The zero-order valence-corrected chi connectivity index (χ0v) is 20.1. The normalized spacial score (nSPS) is 18.0. The van der Waals surface area contributed by atoms with Crippen LogP contribution < -0.4 is 4.74 Å². The van der Waals surface area contributed by atoms with Gasteiger partial charge in [-0.1, -0.05) is 18.6 Å². The van der Waals surface area contributed by atoms with E-state index in [1.165, 1.54) is 12.0 Å². The van der Waals surface area contributed by atoms with Crippen molar-refractivity contribution < 1.29 is 9.53 Å². The molecule has 1 saturated heterocycles. The molecule has 0 radical (unpaired) electrons. The Morgan fingerprint density at radius 1 is 1.06 bits per heavy atom. The number of pyridine rings is 1. The molecule has 8 heteroatoms. The average Bonchev–Trinajstić information content (AvgIpc) is 3.57. The lowest BCUT2D eigenvalue weighted by atomic mass is 10.1. The molecule has 2 aliphatic heterocycles. The summed E-state index contributed by atoms with van der Waals surface area (Å²) in [6.45, 7) is 4.08. The van der Waals surface area contributed by atoms with E-state index in [0.717, 1.165) is 68.2 Å². The predicted octanol–water partition coefficient (Wildman–Crippen LogP) is 4.52. The zero-order chi connectivity index (χ0) is 23.8. The first-order valence-corrected chi connectivity index (χ1v) is 12.6. The monoisotopic (exact) mass is 470 g/mol. The molecule has 1 unspecified atom stereocenters. The Labute approximate surface area is 204 Å². The van der Waals surface area contributed by atoms with Gasteiger partial charge in [0.15, 0.2) is 5.82 Å². The van der Waals surface area contributed by atoms with E-state index in [9.17, 15) is 4.79 Å². The molecule has 6 rings (SSSR count). The fourth-order valence-corrected chi connectivity index (χ4v) is 5.30. The lowest BCUT2D eigenvalue weighted by Crippen LogP contribution is -2.32. The van der Waals surface area contributed by atoms with Gasteiger partial charge in [0.05, 0.1) is 11.7 Å². The van der Waals surface area contributed by atoms with Crippen LogP contribution in [0.2, 0.25) is 0 Å². The molecule has 35 heavy (non-hydrogen) atoms. The predicted molar refractivity (Wildman–Crippen MR) is 131 cm³/mol. The first-order chi connectivity index (χ1) is 17.2. The van der Waals surface area contributed by atoms with Crippen molar-refractivity contribution in [3.8, 4) is 5.75 Å². The number of aromatic nitrogens is 5. The van der Waals surface area contributed by atoms with Gasteiger partial charge in [0.25, 0.3) is 5.91 Å². The minimum Gasteiger partial charge on any atom is -0.487 e. The second-order valence-corrected chi connectivity index (χ2v) is 9.61. The molecule has 5 heterocycles. The molecule has 3 aromatic heterocycles. The zero-order valence-electron chi connectivity index (χ0n) is 20.1. The van der Waals surface area contributed by atoms with Gasteiger partial charge < -0.3 is 18.6 Å². The maximum Gasteiger partial charge on any atom is 0.254 e. The van der Waals surface area contributed by atoms with Crippen molar-refractivity contribution in [1.82, 2.24) is 29.0 Å². The molecule has 0 spiro atoms. The van der Waals surface area contributed by atoms with Crippen molar-refractivity contribution in [2.45, 2.75) is 64.6 Å². The van der Waals surface area contributed by atoms with Gasteiger partial charge in [0.2, 0.25) is 0 Å². The quantitative estimate of drug-likeness (QED) is 0.429. The fraction of sp³-hybridized carbons (Fsp3) is 0.407. The third-order valence-corrected chi connectivity index (χ3v) is 7.07. The number of carbonyl (C=O) groups is 1. The van der Waals surface area contributed by atoms with Crippen molar-refractivity contribution in [2.75, 3.05) is 6.54 Å². The van der Waals surface area contributed by atoms with E-state index in [1.807, 2.05) is 58.1 Å². The Kier molecular flexibility index (Phi) is 5.72. The highest BCUT2D eigenvalue weighted by Gasteiger charge is 2.35. The minimum atomic E-state index is -0.0205. The third-order valence-electron chi connectivity index (χ3n) is 7.07. The number of amides is 1. The number of likely N-dealkylation sites (tertiary alicyclic amines) is 1. The van der Waals surface area contributed by atoms with Crippen molar-refractivity contribution in [3.05, 3.63) is 77.3 Å². The maximum atomic E-state index is 13.6. The topological polar surface area (TPSA) is 77.6 Å². The highest BCUT2D eigenvalue weighted by Crippen LogP contribution is 2.34. The number of hydrogen-bond donors (Lipinski definition) is 0. The van der Waals surface area contributed by atoms with E-state index in [4.69, 9.17) is 4.74 Å². The SMILES string of the molecule is Cc1ccc2nc(COc3cccc(C(=O)N4CCCC4c4nnc5n4CCCCC5)c3)cn2c1. The number of ether oxygens (including phenoxy) is 1. The first kappa shape index (κ1) is 21.8. The number of aryl methyl sites for hydroxylation is 2. The molecule has 0 bridgehead atoms. The van der Waals surface area contributed by atoms with Crippen LogP contribution in [0.25, 0.3) is 5.65 Å². The van der Waals surface area contributed by atoms with E-state index in [0.29, 0.717) is 17.9 Å². The van der Waals surface area contributed by atoms with Gasteiger partial charge >= 0.3 is 0 Å². The Bertz CT molecular complexity index is 1370. The van der Waals surface area contributed by atoms with Crippen molar-refractivity contribution in [1.29, 1.82) is 0 Å². The van der Waals surface area contributed by atoms with Gasteiger partial charge in [-0.25, -0.2) is 4.98 Å². The second-order valence-electron chi connectivity index (χ2n) is 9.61. The van der Waals surface area contributed by atoms with E-state index in [-0.39, 0.29) is 11.9 Å². The largest absolute Gasteiger partial charge is 0.487 e. The summed E-state index contributed by atoms with van der Waals surface area (Å²) in [6, 6.07) is 11.5. The smallest absolute Gasteiger partial charge is 0.254 e. The Morgan fingerprint density at radius 3 is 2.94 bits per heavy atom. The molecule has 1 amide bonds. The average molecular weight is 471 g/mol. The number of hydrogen-bond acceptors (Lipinski definition) is 5. The van der Waals surface area contributed by atoms with Crippen LogP contribution in [0.4, 0.5) is 0 Å². The second kappa shape index (κ2) is 9.17. The number of fused-ring (bicyclic) bond motifs is 2. The Hall–Kier alpha value is -3.68. The van der Waals surface area contributed by atoms with Crippen LogP contribution in [-0.2, 0) is 19.6 Å². The lowest BCUT2D eigenvalue weighted by Gasteiger charge is -2.25. The molecule has 1 aromatic carbocycles. The molecule has 0 N–H and O–H groups in total. The van der Waals surface area contributed by atoms with E-state index < -0.39 is 0 Å². The molecular formula is C27H30N6O2. The molecule has 1 atom stereocenters. The molecule has 1 fully saturated rings. The molecule has 180 valence electrons. The van der Waals surface area contributed by atoms with Crippen LogP contribution in [0.1, 0.15) is 71.4 Å². The third kappa shape index (κ3) is 4.29. The Balaban J connectivity index is 1.18. The summed E-state index contributed by atoms with van der Waals surface area (Å²) >= 11 is 0. The van der Waals surface area contributed by atoms with Crippen molar-refractivity contribution in [2.24, 2.45) is 0 Å². The van der Waals surface area contributed by atoms with Crippen LogP contribution in [0.15, 0.2) is 48.8 Å².